The lowest BCUT2D eigenvalue weighted by molar-refractivity contribution is -0.385. The lowest BCUT2D eigenvalue weighted by Gasteiger charge is -2.01. The van der Waals surface area contributed by atoms with E-state index in [1.165, 1.54) is 23.3 Å². The van der Waals surface area contributed by atoms with Gasteiger partial charge in [0.1, 0.15) is 5.56 Å². The Morgan fingerprint density at radius 1 is 1.05 bits per heavy atom. The molecule has 3 rings (SSSR count). The van der Waals surface area contributed by atoms with Crippen molar-refractivity contribution in [2.24, 2.45) is 0 Å². The van der Waals surface area contributed by atoms with Crippen LogP contribution in [0.3, 0.4) is 0 Å². The monoisotopic (exact) mass is 285 g/mol. The lowest BCUT2D eigenvalue weighted by Crippen LogP contribution is -2.07. The Kier molecular flexibility index (Phi) is 3.80. The molecule has 0 radical (unpaired) electrons. The van der Waals surface area contributed by atoms with Crippen LogP contribution < -0.4 is 0 Å². The van der Waals surface area contributed by atoms with Gasteiger partial charge in [-0.3, -0.25) is 14.9 Å². The number of carbonyl (C=O) groups excluding carboxylic acids is 1. The highest BCUT2D eigenvalue weighted by Crippen LogP contribution is 2.32. The summed E-state index contributed by atoms with van der Waals surface area (Å²) in [5.74, 6) is -1.96. The van der Waals surface area contributed by atoms with E-state index in [1.807, 2.05) is 0 Å². The Hall–Kier alpha value is -3.02. The van der Waals surface area contributed by atoms with Gasteiger partial charge in [0.2, 0.25) is 0 Å². The number of nitro benzene ring substituents is 1. The molecule has 1 N–H and O–H groups in total. The first kappa shape index (κ1) is 14.4. The third-order valence-electron chi connectivity index (χ3n) is 2.94. The summed E-state index contributed by atoms with van der Waals surface area (Å²) in [6, 6.07) is 12.1. The maximum atomic E-state index is 11.0. The van der Waals surface area contributed by atoms with Crippen molar-refractivity contribution < 1.29 is 19.6 Å². The Bertz CT molecular complexity index is 702. The Morgan fingerprint density at radius 3 is 1.90 bits per heavy atom. The second-order valence-electron chi connectivity index (χ2n) is 4.40. The molecule has 6 heteroatoms. The van der Waals surface area contributed by atoms with Gasteiger partial charge in [0.25, 0.3) is 5.69 Å². The van der Waals surface area contributed by atoms with E-state index in [-0.39, 0.29) is 5.56 Å². The zero-order valence-corrected chi connectivity index (χ0v) is 11.1. The fourth-order valence-electron chi connectivity index (χ4n) is 1.87. The molecule has 0 atom stereocenters. The highest BCUT2D eigenvalue weighted by atomic mass is 16.6. The van der Waals surface area contributed by atoms with Gasteiger partial charge in [-0.1, -0.05) is 24.3 Å². The molecule has 1 aromatic carbocycles. The van der Waals surface area contributed by atoms with Crippen molar-refractivity contribution in [2.45, 2.75) is 6.92 Å². The average molecular weight is 285 g/mol. The quantitative estimate of drug-likeness (QED) is 0.453. The normalized spacial score (nSPS) is 10.1. The number of nitro groups is 1. The molecule has 2 aliphatic carbocycles. The van der Waals surface area contributed by atoms with Gasteiger partial charge in [0.15, 0.2) is 5.78 Å². The number of ketones is 1. The maximum Gasteiger partial charge on any atom is 0.342 e. The third kappa shape index (κ3) is 3.11. The lowest BCUT2D eigenvalue weighted by atomic mass is 10.0. The molecule has 0 amide bonds. The van der Waals surface area contributed by atoms with Gasteiger partial charge in [-0.2, -0.15) is 0 Å². The molecule has 1 aromatic rings. The van der Waals surface area contributed by atoms with E-state index in [0.717, 1.165) is 13.0 Å². The van der Waals surface area contributed by atoms with E-state index >= 15 is 0 Å². The second-order valence-corrected chi connectivity index (χ2v) is 4.40. The number of Topliss-reactive ketones (excluding diaryl/α,β-unsaturated/α-hetero) is 1. The van der Waals surface area contributed by atoms with Gasteiger partial charge in [-0.15, -0.1) is 0 Å². The van der Waals surface area contributed by atoms with Crippen molar-refractivity contribution in [3.05, 3.63) is 63.7 Å². The van der Waals surface area contributed by atoms with E-state index < -0.39 is 27.9 Å². The van der Waals surface area contributed by atoms with Crippen LogP contribution in [-0.2, 0) is 0 Å². The molecule has 0 aliphatic heterocycles. The molecule has 0 heterocycles. The zero-order chi connectivity index (χ0) is 15.6. The number of carbonyl (C=O) groups is 2. The van der Waals surface area contributed by atoms with Crippen molar-refractivity contribution in [2.75, 3.05) is 0 Å². The first-order valence-electron chi connectivity index (χ1n) is 6.04. The average Bonchev–Trinajstić information content (AvgIpc) is 3.04. The van der Waals surface area contributed by atoms with Crippen LogP contribution >= 0.6 is 0 Å². The van der Waals surface area contributed by atoms with Gasteiger partial charge in [0, 0.05) is 0 Å². The summed E-state index contributed by atoms with van der Waals surface area (Å²) in [5.41, 5.74) is 1.52. The van der Waals surface area contributed by atoms with Crippen LogP contribution in [-0.4, -0.2) is 21.8 Å². The number of carboxylic acids is 1. The maximum absolute atomic E-state index is 11.0. The highest BCUT2D eigenvalue weighted by Gasteiger charge is 2.25. The van der Waals surface area contributed by atoms with Gasteiger partial charge in [0.05, 0.1) is 10.5 Å². The fourth-order valence-corrected chi connectivity index (χ4v) is 1.87. The molecule has 0 fully saturated rings. The molecule has 0 spiro atoms. The number of hydrogen-bond donors (Lipinski definition) is 1. The van der Waals surface area contributed by atoms with Crippen molar-refractivity contribution in [1.29, 1.82) is 0 Å². The van der Waals surface area contributed by atoms with Crippen LogP contribution in [0, 0.1) is 10.1 Å². The highest BCUT2D eigenvalue weighted by molar-refractivity contribution is 6.03. The minimum Gasteiger partial charge on any atom is -0.477 e. The van der Waals surface area contributed by atoms with Crippen molar-refractivity contribution >= 4 is 17.4 Å². The van der Waals surface area contributed by atoms with E-state index in [4.69, 9.17) is 5.11 Å². The standard InChI is InChI=1S/C9H7NO5.C6H4/c1-5(11)6-3-2-4-7(9(12)13)8(6)10(14)15;1-2-5-4-6(5)3-1/h2-4H,1H3,(H,12,13);1-4H. The molecule has 6 nitrogen and oxygen atoms in total. The number of nitrogens with zero attached hydrogens (tertiary/aromatic N) is 1. The molecule has 106 valence electrons. The van der Waals surface area contributed by atoms with E-state index in [0.29, 0.717) is 0 Å². The van der Waals surface area contributed by atoms with Crippen LogP contribution in [0.2, 0.25) is 0 Å². The molecule has 0 saturated carbocycles. The Morgan fingerprint density at radius 2 is 1.57 bits per heavy atom. The molecular formula is C15H11NO5. The summed E-state index contributed by atoms with van der Waals surface area (Å²) in [6.07, 6.45) is 0. The number of fused-ring (bicyclic) bond motifs is 1. The van der Waals surface area contributed by atoms with Crippen LogP contribution in [0.5, 0.6) is 0 Å². The summed E-state index contributed by atoms with van der Waals surface area (Å²) in [6.45, 7) is 1.15. The van der Waals surface area contributed by atoms with Crippen LogP contribution in [0.1, 0.15) is 27.6 Å². The summed E-state index contributed by atoms with van der Waals surface area (Å²) in [7, 11) is 0. The first-order valence-corrected chi connectivity index (χ1v) is 6.04. The van der Waals surface area contributed by atoms with Crippen LogP contribution in [0.25, 0.3) is 11.1 Å². The summed E-state index contributed by atoms with van der Waals surface area (Å²) in [5, 5.41) is 19.3. The van der Waals surface area contributed by atoms with Gasteiger partial charge in [-0.05, 0) is 36.2 Å². The molecule has 0 unspecified atom stereocenters. The Balaban J connectivity index is 0.000000218. The predicted octanol–water partition coefficient (Wildman–Crippen LogP) is 3.16. The molecule has 2 aliphatic rings. The minimum absolute atomic E-state index is 0.195. The number of rotatable bonds is 3. The number of carboxylic acid groups (broad SMARTS) is 1. The molecule has 0 saturated heterocycles. The Labute approximate surface area is 119 Å². The minimum atomic E-state index is -1.43. The topological polar surface area (TPSA) is 97.5 Å². The van der Waals surface area contributed by atoms with Crippen LogP contribution in [0.15, 0.2) is 42.5 Å². The predicted molar refractivity (Wildman–Crippen MR) is 75.5 cm³/mol. The van der Waals surface area contributed by atoms with Crippen molar-refractivity contribution in [3.63, 3.8) is 0 Å². The molecule has 0 bridgehead atoms. The molecule has 0 aromatic heterocycles. The SMILES string of the molecule is CC(=O)c1cccc(C(=O)O)c1[N+](=O)[O-].c1cc2cc-2c1. The summed E-state index contributed by atoms with van der Waals surface area (Å²) >= 11 is 0. The molecular weight excluding hydrogens is 274 g/mol. The van der Waals surface area contributed by atoms with Gasteiger partial charge in [-0.25, -0.2) is 4.79 Å². The second kappa shape index (κ2) is 5.54. The number of para-hydroxylation sites is 1. The summed E-state index contributed by atoms with van der Waals surface area (Å²) in [4.78, 5) is 31.5. The fraction of sp³-hybridized carbons (Fsp3) is 0.0667. The van der Waals surface area contributed by atoms with Gasteiger partial charge >= 0.3 is 5.97 Å². The van der Waals surface area contributed by atoms with Gasteiger partial charge < -0.3 is 5.11 Å². The van der Waals surface area contributed by atoms with E-state index in [2.05, 4.69) is 24.3 Å². The summed E-state index contributed by atoms with van der Waals surface area (Å²) < 4.78 is 0. The first-order chi connectivity index (χ1) is 9.91. The largest absolute Gasteiger partial charge is 0.477 e. The van der Waals surface area contributed by atoms with Crippen molar-refractivity contribution in [3.8, 4) is 11.1 Å². The number of benzene rings is 2. The van der Waals surface area contributed by atoms with E-state index in [1.54, 1.807) is 0 Å². The van der Waals surface area contributed by atoms with Crippen molar-refractivity contribution in [1.82, 2.24) is 0 Å². The zero-order valence-electron chi connectivity index (χ0n) is 11.1. The smallest absolute Gasteiger partial charge is 0.342 e. The molecule has 21 heavy (non-hydrogen) atoms. The third-order valence-corrected chi connectivity index (χ3v) is 2.94. The number of aromatic carboxylic acids is 1. The van der Waals surface area contributed by atoms with Crippen LogP contribution in [0.4, 0.5) is 5.69 Å². The van der Waals surface area contributed by atoms with E-state index in [9.17, 15) is 19.7 Å². The number of hydrogen-bond acceptors (Lipinski definition) is 4.